The lowest BCUT2D eigenvalue weighted by Crippen LogP contribution is -1.93. The highest BCUT2D eigenvalue weighted by molar-refractivity contribution is 5.65. The van der Waals surface area contributed by atoms with Crippen LogP contribution in [0.1, 0.15) is 16.7 Å². The van der Waals surface area contributed by atoms with E-state index in [2.05, 4.69) is 0 Å². The van der Waals surface area contributed by atoms with E-state index in [0.29, 0.717) is 5.75 Å². The van der Waals surface area contributed by atoms with E-state index in [-0.39, 0.29) is 16.9 Å². The van der Waals surface area contributed by atoms with Gasteiger partial charge in [-0.1, -0.05) is 17.7 Å². The van der Waals surface area contributed by atoms with Gasteiger partial charge in [0, 0.05) is 6.07 Å². The first-order chi connectivity index (χ1) is 9.56. The first kappa shape index (κ1) is 13.3. The molecule has 0 fully saturated rings. The highest BCUT2D eigenvalue weighted by Crippen LogP contribution is 2.40. The van der Waals surface area contributed by atoms with Gasteiger partial charge in [0.05, 0.1) is 5.56 Å². The number of aryl methyl sites for hydroxylation is 1. The standard InChI is InChI=1S/C15H10N2O3/c1-9-2-4-11(5-3-9)20-15-10(7-16)6-13(18)14(19)12(15)8-17/h2-6,18-19H,1H3. The molecule has 0 saturated heterocycles. The smallest absolute Gasteiger partial charge is 0.179 e. The van der Waals surface area contributed by atoms with Gasteiger partial charge in [-0.05, 0) is 19.1 Å². The number of phenols is 2. The molecule has 0 aromatic heterocycles. The third-order valence-electron chi connectivity index (χ3n) is 2.71. The molecule has 0 radical (unpaired) electrons. The molecule has 0 spiro atoms. The van der Waals surface area contributed by atoms with Crippen molar-refractivity contribution in [2.24, 2.45) is 0 Å². The zero-order chi connectivity index (χ0) is 14.7. The largest absolute Gasteiger partial charge is 0.504 e. The molecule has 0 unspecified atom stereocenters. The Kier molecular flexibility index (Phi) is 3.45. The Labute approximate surface area is 115 Å². The minimum atomic E-state index is -0.603. The summed E-state index contributed by atoms with van der Waals surface area (Å²) < 4.78 is 5.50. The molecule has 2 aromatic carbocycles. The maximum atomic E-state index is 9.66. The molecule has 20 heavy (non-hydrogen) atoms. The summed E-state index contributed by atoms with van der Waals surface area (Å²) in [6.07, 6.45) is 0. The summed E-state index contributed by atoms with van der Waals surface area (Å²) in [7, 11) is 0. The molecule has 0 bridgehead atoms. The lowest BCUT2D eigenvalue weighted by atomic mass is 10.1. The predicted octanol–water partition coefficient (Wildman–Crippen LogP) is 2.94. The normalized spacial score (nSPS) is 9.55. The summed E-state index contributed by atoms with van der Waals surface area (Å²) in [4.78, 5) is 0. The van der Waals surface area contributed by atoms with Gasteiger partial charge in [0.2, 0.25) is 0 Å². The SMILES string of the molecule is Cc1ccc(Oc2c(C#N)cc(O)c(O)c2C#N)cc1. The van der Waals surface area contributed by atoms with Crippen molar-refractivity contribution in [3.8, 4) is 35.1 Å². The summed E-state index contributed by atoms with van der Waals surface area (Å²) in [5.41, 5.74) is 0.728. The molecule has 0 heterocycles. The van der Waals surface area contributed by atoms with Crippen LogP contribution in [0, 0.1) is 29.6 Å². The minimum Gasteiger partial charge on any atom is -0.504 e. The summed E-state index contributed by atoms with van der Waals surface area (Å²) in [6.45, 7) is 1.91. The Bertz CT molecular complexity index is 738. The van der Waals surface area contributed by atoms with Gasteiger partial charge in [0.1, 0.15) is 23.5 Å². The van der Waals surface area contributed by atoms with Gasteiger partial charge in [-0.25, -0.2) is 0 Å². The van der Waals surface area contributed by atoms with Gasteiger partial charge in [0.25, 0.3) is 0 Å². The topological polar surface area (TPSA) is 97.3 Å². The van der Waals surface area contributed by atoms with Crippen LogP contribution >= 0.6 is 0 Å². The van der Waals surface area contributed by atoms with Crippen molar-refractivity contribution in [2.75, 3.05) is 0 Å². The molecule has 2 rings (SSSR count). The second-order valence-electron chi connectivity index (χ2n) is 4.13. The van der Waals surface area contributed by atoms with Crippen LogP contribution in [0.4, 0.5) is 0 Å². The van der Waals surface area contributed by atoms with Gasteiger partial charge < -0.3 is 14.9 Å². The fourth-order valence-corrected chi connectivity index (χ4v) is 1.66. The molecule has 0 saturated carbocycles. The van der Waals surface area contributed by atoms with Crippen molar-refractivity contribution in [1.82, 2.24) is 0 Å². The number of ether oxygens (including phenoxy) is 1. The van der Waals surface area contributed by atoms with Crippen molar-refractivity contribution in [3.63, 3.8) is 0 Å². The number of nitrogens with zero attached hydrogens (tertiary/aromatic N) is 2. The number of hydrogen-bond acceptors (Lipinski definition) is 5. The van der Waals surface area contributed by atoms with Crippen molar-refractivity contribution < 1.29 is 14.9 Å². The molecular weight excluding hydrogens is 256 g/mol. The van der Waals surface area contributed by atoms with E-state index in [1.807, 2.05) is 25.1 Å². The van der Waals surface area contributed by atoms with Gasteiger partial charge in [-0.2, -0.15) is 10.5 Å². The third-order valence-corrected chi connectivity index (χ3v) is 2.71. The summed E-state index contributed by atoms with van der Waals surface area (Å²) in [6, 6.07) is 11.6. The van der Waals surface area contributed by atoms with Gasteiger partial charge in [-0.3, -0.25) is 0 Å². The Balaban J connectivity index is 2.56. The van der Waals surface area contributed by atoms with Crippen LogP contribution in [-0.4, -0.2) is 10.2 Å². The van der Waals surface area contributed by atoms with E-state index in [4.69, 9.17) is 15.3 Å². The quantitative estimate of drug-likeness (QED) is 0.814. The van der Waals surface area contributed by atoms with Crippen LogP contribution in [0.5, 0.6) is 23.0 Å². The number of benzene rings is 2. The molecule has 0 atom stereocenters. The van der Waals surface area contributed by atoms with Crippen molar-refractivity contribution in [1.29, 1.82) is 10.5 Å². The summed E-state index contributed by atoms with van der Waals surface area (Å²) >= 11 is 0. The highest BCUT2D eigenvalue weighted by Gasteiger charge is 2.19. The second-order valence-corrected chi connectivity index (χ2v) is 4.13. The fourth-order valence-electron chi connectivity index (χ4n) is 1.66. The second kappa shape index (κ2) is 5.21. The van der Waals surface area contributed by atoms with E-state index in [9.17, 15) is 10.2 Å². The summed E-state index contributed by atoms with van der Waals surface area (Å²) in [5, 5.41) is 37.2. The molecular formula is C15H10N2O3. The van der Waals surface area contributed by atoms with Crippen molar-refractivity contribution >= 4 is 0 Å². The molecule has 2 aromatic rings. The minimum absolute atomic E-state index is 0.0302. The summed E-state index contributed by atoms with van der Waals surface area (Å²) in [5.74, 6) is -0.786. The van der Waals surface area contributed by atoms with Crippen LogP contribution in [0.25, 0.3) is 0 Å². The maximum Gasteiger partial charge on any atom is 0.179 e. The van der Waals surface area contributed by atoms with E-state index < -0.39 is 11.5 Å². The molecule has 0 aliphatic carbocycles. The van der Waals surface area contributed by atoms with E-state index in [1.165, 1.54) is 0 Å². The van der Waals surface area contributed by atoms with Gasteiger partial charge in [-0.15, -0.1) is 0 Å². The van der Waals surface area contributed by atoms with E-state index >= 15 is 0 Å². The number of rotatable bonds is 2. The lowest BCUT2D eigenvalue weighted by molar-refractivity contribution is 0.395. The third kappa shape index (κ3) is 2.33. The zero-order valence-corrected chi connectivity index (χ0v) is 10.6. The Morgan fingerprint density at radius 2 is 1.70 bits per heavy atom. The Hall–Kier alpha value is -3.18. The van der Waals surface area contributed by atoms with Gasteiger partial charge in [0.15, 0.2) is 17.2 Å². The lowest BCUT2D eigenvalue weighted by Gasteiger charge is -2.11. The maximum absolute atomic E-state index is 9.66. The van der Waals surface area contributed by atoms with Crippen molar-refractivity contribution in [3.05, 3.63) is 47.0 Å². The van der Waals surface area contributed by atoms with E-state index in [1.54, 1.807) is 18.2 Å². The number of phenolic OH excluding ortho intramolecular Hbond substituents is 2. The van der Waals surface area contributed by atoms with Crippen LogP contribution in [-0.2, 0) is 0 Å². The molecule has 5 nitrogen and oxygen atoms in total. The molecule has 98 valence electrons. The predicted molar refractivity (Wildman–Crippen MR) is 70.5 cm³/mol. The van der Waals surface area contributed by atoms with Crippen LogP contribution in [0.15, 0.2) is 30.3 Å². The zero-order valence-electron chi connectivity index (χ0n) is 10.6. The highest BCUT2D eigenvalue weighted by atomic mass is 16.5. The Morgan fingerprint density at radius 1 is 1.05 bits per heavy atom. The number of nitriles is 2. The molecule has 2 N–H and O–H groups in total. The number of hydrogen-bond donors (Lipinski definition) is 2. The average molecular weight is 266 g/mol. The van der Waals surface area contributed by atoms with Crippen molar-refractivity contribution in [2.45, 2.75) is 6.92 Å². The molecule has 0 aliphatic heterocycles. The molecule has 0 aliphatic rings. The Morgan fingerprint density at radius 3 is 2.25 bits per heavy atom. The first-order valence-electron chi connectivity index (χ1n) is 5.70. The van der Waals surface area contributed by atoms with Crippen LogP contribution < -0.4 is 4.74 Å². The van der Waals surface area contributed by atoms with Crippen LogP contribution in [0.2, 0.25) is 0 Å². The van der Waals surface area contributed by atoms with Gasteiger partial charge >= 0.3 is 0 Å². The monoisotopic (exact) mass is 266 g/mol. The average Bonchev–Trinajstić information content (AvgIpc) is 2.45. The molecule has 0 amide bonds. The van der Waals surface area contributed by atoms with E-state index in [0.717, 1.165) is 11.6 Å². The van der Waals surface area contributed by atoms with Crippen LogP contribution in [0.3, 0.4) is 0 Å². The molecule has 5 heteroatoms. The first-order valence-corrected chi connectivity index (χ1v) is 5.70. The number of aromatic hydroxyl groups is 2. The fraction of sp³-hybridized carbons (Fsp3) is 0.0667.